The van der Waals surface area contributed by atoms with Crippen molar-refractivity contribution in [3.05, 3.63) is 305 Å². The van der Waals surface area contributed by atoms with Crippen LogP contribution >= 0.6 is 67.8 Å². The zero-order chi connectivity index (χ0) is 104. The Morgan fingerprint density at radius 2 is 0.892 bits per heavy atom. The van der Waals surface area contributed by atoms with E-state index in [4.69, 9.17) is 115 Å². The number of nitro groups is 4. The third-order valence-electron chi connectivity index (χ3n) is 15.0. The molecule has 14 aromatic rings. The number of carboxylic acids is 2. The van der Waals surface area contributed by atoms with Crippen molar-refractivity contribution in [2.45, 2.75) is 53.9 Å². The fourth-order valence-corrected chi connectivity index (χ4v) is 10.0. The number of carboxylic acid groups (broad SMARTS) is 2. The minimum absolute atomic E-state index is 0. The number of aliphatic carboxylic acids is 1. The average Bonchev–Trinajstić information content (AvgIpc) is 0.783. The van der Waals surface area contributed by atoms with Crippen molar-refractivity contribution in [1.29, 1.82) is 5.41 Å². The first kappa shape index (κ1) is 125. The monoisotopic (exact) mass is 2120 g/mol. The van der Waals surface area contributed by atoms with Crippen molar-refractivity contribution in [3.8, 4) is 5.75 Å². The number of hydrogen-bond donors (Lipinski definition) is 15. The quantitative estimate of drug-likeness (QED) is 0.00347. The van der Waals surface area contributed by atoms with Gasteiger partial charge in [0.15, 0.2) is 5.75 Å². The van der Waals surface area contributed by atoms with Gasteiger partial charge in [-0.25, -0.2) is 76.1 Å². The van der Waals surface area contributed by atoms with E-state index in [1.54, 1.807) is 0 Å². The number of ether oxygens (including phenoxy) is 1. The smallest absolute Gasteiger partial charge is 0.854 e. The number of fused-ring (bicyclic) bond motifs is 5. The van der Waals surface area contributed by atoms with Gasteiger partial charge >= 0.3 is 68.7 Å². The van der Waals surface area contributed by atoms with Crippen LogP contribution in [0.15, 0.2) is 181 Å². The summed E-state index contributed by atoms with van der Waals surface area (Å²) in [5, 5.41) is 95.8. The molecule has 0 aliphatic heterocycles. The number of nitro benzene ring substituents is 4. The Hall–Kier alpha value is -13.7. The van der Waals surface area contributed by atoms with E-state index < -0.39 is 115 Å². The van der Waals surface area contributed by atoms with Crippen molar-refractivity contribution < 1.29 is 151 Å². The Balaban J connectivity index is 0.00000156. The summed E-state index contributed by atoms with van der Waals surface area (Å²) in [7, 11) is 2.69. The summed E-state index contributed by atoms with van der Waals surface area (Å²) in [6.45, 7) is 5.58. The van der Waals surface area contributed by atoms with Crippen molar-refractivity contribution in [2.75, 3.05) is 35.3 Å². The third-order valence-corrected chi connectivity index (χ3v) is 16.2. The number of unbranched alkanes of at least 4 members (excludes halogenated alkanes) is 2. The van der Waals surface area contributed by atoms with Crippen LogP contribution in [0.2, 0.25) is 20.2 Å². The predicted octanol–water partition coefficient (Wildman–Crippen LogP) is 14.2. The van der Waals surface area contributed by atoms with Gasteiger partial charge in [0.25, 0.3) is 17.1 Å². The van der Waals surface area contributed by atoms with Crippen LogP contribution in [-0.4, -0.2) is 143 Å². The third kappa shape index (κ3) is 45.9. The molecule has 5 heterocycles. The number of benzene rings is 9. The van der Waals surface area contributed by atoms with Gasteiger partial charge in [-0.05, 0) is 97.0 Å². The summed E-state index contributed by atoms with van der Waals surface area (Å²) in [5.41, 5.74) is 15.5. The molecule has 0 saturated carbocycles. The van der Waals surface area contributed by atoms with Crippen molar-refractivity contribution >= 4 is 217 Å². The molecule has 18 N–H and O–H groups in total. The summed E-state index contributed by atoms with van der Waals surface area (Å²) in [5.74, 6) is -6.70. The van der Waals surface area contributed by atoms with Gasteiger partial charge < -0.3 is 57.9 Å². The predicted molar refractivity (Wildman–Crippen MR) is 494 cm³/mol. The van der Waals surface area contributed by atoms with E-state index in [2.05, 4.69) is 92.6 Å². The fourth-order valence-electron chi connectivity index (χ4n) is 9.30. The number of hydrogen-bond acceptors (Lipinski definition) is 34. The normalized spacial score (nSPS) is 9.86. The standard InChI is InChI=1S/C18H16ClFN4O3.C14H7ClF2N4O2.C8H3ClFN3O2.C8H4FN3O3.C8H5FN2O.C7H6FNO2.C6H5ClFN.C4H9O.C2H4O2.CH4N2.CH4.Cl2OS.H3NO3.Na.H2O4S/c1-2-3-6-27-17-9-15-12(8-16(17)24(25)26)18(22-10-21-15)23-11-4-5-14(20)13(19)7-11;15-9-3-7(1-2-10(9)16)20-14-8-4-13(21(22)23)11(17)5-12(8)18-6-19-14;9-8-4-1-7(13(14)15)5(10)2-6(4)11-3-12-8;9-5-2-6-4(1-7(5)12(14)15)8(13)11-3-10-6;9-5-1-2-6-7(3-5)10-4-11-8(6)12;8-4-1-2-5(7(10)11)6(9)3-4;7-5-3-4(9)1-2-6(5)8;1-2-3-4-5;1-2(3)4;2-1-3;;1-4(2)3;2-1-4-3;;1-5(2,3)4/h4-5,7-10H,2-3,6H2,1H3,(H,21,22,23);1-6H,(H,18,19,20);1-3H;1-3H,(H,10,11,13);1-4H,(H,10,11,12);1-3H,9H2,(H,10,11);1-3H,9H2;2-4H2,1H3;1H3,(H,3,4);1H,(H3,2,3);1H4;;1-3H;;(H2,1,2,3,4)/q;;;;;;;-1;;;;;;+1;. The number of nitrogens with two attached hydrogens (primary N) is 3. The van der Waals surface area contributed by atoms with E-state index in [0.29, 0.717) is 51.3 Å². The number of anilines is 6. The first-order chi connectivity index (χ1) is 64.4. The van der Waals surface area contributed by atoms with E-state index in [-0.39, 0.29) is 136 Å². The molecule has 0 aliphatic carbocycles. The van der Waals surface area contributed by atoms with Crippen LogP contribution in [0.4, 0.5) is 92.3 Å². The first-order valence-corrected chi connectivity index (χ1v) is 42.0. The van der Waals surface area contributed by atoms with Crippen LogP contribution in [0.5, 0.6) is 5.75 Å². The summed E-state index contributed by atoms with van der Waals surface area (Å²) >= 11 is 22.5. The number of aromatic nitrogens is 10. The van der Waals surface area contributed by atoms with Gasteiger partial charge in [-0.1, -0.05) is 86.9 Å². The van der Waals surface area contributed by atoms with E-state index in [1.807, 2.05) is 13.8 Å². The van der Waals surface area contributed by atoms with E-state index >= 15 is 0 Å². The summed E-state index contributed by atoms with van der Waals surface area (Å²) in [4.78, 5) is 120. The number of nitrogens with zero attached hydrogens (tertiary/aromatic N) is 12. The number of H-pyrrole nitrogens is 2. The minimum Gasteiger partial charge on any atom is -0.854 e. The Morgan fingerprint density at radius 1 is 0.540 bits per heavy atom. The number of aromatic amines is 2. The van der Waals surface area contributed by atoms with Crippen LogP contribution in [0.25, 0.3) is 54.5 Å². The summed E-state index contributed by atoms with van der Waals surface area (Å²) in [6.07, 6.45) is 10.4. The van der Waals surface area contributed by atoms with E-state index in [1.165, 1.54) is 97.8 Å². The molecule has 5 aromatic heterocycles. The van der Waals surface area contributed by atoms with Gasteiger partial charge in [0, 0.05) is 111 Å². The SMILES string of the molecule is C.CC(=O)O.CCCCOc1cc2ncnc(Nc3ccc(F)c(Cl)c3)c2cc1[N+](=O)[O-].CCCC[O-].N=CN.Nc1cc(F)ccc1C(=O)O.Nc1ccc(F)c(Cl)c1.O=S(=O)(O)O.O=S(Cl)Cl.O=[N+]([O-])c1cc2c(Cl)ncnc2cc1F.O=[N+]([O-])c1cc2c(Nc3ccc(F)c(Cl)c3)ncnc2cc1F.O=c1[nH]cnc2cc(F)c([N+](=O)[O-])cc12.O=c1[nH]cnc2cc(F)ccc12.ONOO.[Na+]. The first-order valence-electron chi connectivity index (χ1n) is 36.3. The Labute approximate surface area is 829 Å². The molecule has 740 valence electrons. The topological polar surface area (TPSA) is 728 Å². The minimum atomic E-state index is -4.67. The molecule has 0 spiro atoms. The maximum Gasteiger partial charge on any atom is 1.00 e. The molecule has 45 nitrogen and oxygen atoms in total. The largest absolute Gasteiger partial charge is 1.00 e. The Kier molecular flexibility index (Phi) is 58.0. The van der Waals surface area contributed by atoms with Crippen LogP contribution in [0, 0.1) is 92.4 Å². The van der Waals surface area contributed by atoms with Gasteiger partial charge in [-0.15, -0.1) is 11.6 Å². The molecule has 14 rings (SSSR count). The number of nitrogens with one attached hydrogen (secondary N) is 6. The second-order valence-electron chi connectivity index (χ2n) is 24.5. The molecule has 62 heteroatoms. The molecule has 0 unspecified atom stereocenters. The number of carbonyl (C=O) groups is 2. The van der Waals surface area contributed by atoms with Gasteiger partial charge in [0.2, 0.25) is 26.7 Å². The molecule has 9 aromatic carbocycles. The molecule has 0 aliphatic rings. The van der Waals surface area contributed by atoms with Crippen LogP contribution in [0.1, 0.15) is 64.2 Å². The molecule has 0 atom stereocenters. The molecular formula is C77H72Cl6F8N21NaO24S2. The zero-order valence-electron chi connectivity index (χ0n) is 70.2. The van der Waals surface area contributed by atoms with Crippen LogP contribution in [0.3, 0.4) is 0 Å². The number of nitrogen functional groups attached to an aromatic ring is 2. The van der Waals surface area contributed by atoms with Crippen molar-refractivity contribution in [3.63, 3.8) is 0 Å². The van der Waals surface area contributed by atoms with Crippen molar-refractivity contribution in [2.24, 2.45) is 5.73 Å². The van der Waals surface area contributed by atoms with Gasteiger partial charge in [0.05, 0.1) is 115 Å². The number of halogens is 14. The molecule has 0 fully saturated rings. The second kappa shape index (κ2) is 64.4. The second-order valence-corrected chi connectivity index (χ2v) is 29.5. The summed E-state index contributed by atoms with van der Waals surface area (Å²) < 4.78 is 150. The van der Waals surface area contributed by atoms with Crippen molar-refractivity contribution in [1.82, 2.24) is 55.5 Å². The molecule has 0 saturated heterocycles. The zero-order valence-corrected chi connectivity index (χ0v) is 78.4. The molecule has 139 heavy (non-hydrogen) atoms. The molecule has 0 amide bonds. The maximum absolute atomic E-state index is 13.6. The fraction of sp³-hybridized carbons (Fsp3) is 0.130. The van der Waals surface area contributed by atoms with Crippen LogP contribution < -0.4 is 84.0 Å². The van der Waals surface area contributed by atoms with Gasteiger partial charge in [-0.2, -0.15) is 21.6 Å². The van der Waals surface area contributed by atoms with Gasteiger partial charge in [-0.3, -0.25) is 74.6 Å². The molecule has 0 radical (unpaired) electrons. The Morgan fingerprint density at radius 3 is 1.27 bits per heavy atom. The number of rotatable bonds is 16. The van der Waals surface area contributed by atoms with E-state index in [0.717, 1.165) is 118 Å². The van der Waals surface area contributed by atoms with Gasteiger partial charge in [0.1, 0.15) is 64.9 Å². The average molecular weight is 2130 g/mol. The van der Waals surface area contributed by atoms with E-state index in [9.17, 15) is 95.1 Å². The van der Waals surface area contributed by atoms with Crippen LogP contribution in [-0.2, 0) is 29.4 Å². The molecule has 0 bridgehead atoms. The summed E-state index contributed by atoms with van der Waals surface area (Å²) in [6, 6.07) is 27.7. The maximum atomic E-state index is 13.6. The number of aromatic carboxylic acids is 1. The molecular weight excluding hydrogens is 2050 g/mol. The Bertz CT molecular complexity index is 6790.